The predicted octanol–water partition coefficient (Wildman–Crippen LogP) is 3.18. The lowest BCUT2D eigenvalue weighted by atomic mass is 9.69. The third-order valence-corrected chi connectivity index (χ3v) is 1.92. The summed E-state index contributed by atoms with van der Waals surface area (Å²) in [5.41, 5.74) is 0. The monoisotopic (exact) mass is 191 g/mol. The van der Waals surface area contributed by atoms with Crippen LogP contribution in [0.2, 0.25) is 5.82 Å². The topological polar surface area (TPSA) is 0 Å². The normalized spacial score (nSPS) is 22.5. The zero-order chi connectivity index (χ0) is 9.57. The Bertz CT molecular complexity index is 152. The van der Waals surface area contributed by atoms with E-state index < -0.39 is 24.9 Å². The van der Waals surface area contributed by atoms with Gasteiger partial charge < -0.3 is 12.9 Å². The molecule has 0 bridgehead atoms. The molecule has 72 valence electrons. The van der Waals surface area contributed by atoms with Crippen molar-refractivity contribution in [3.63, 3.8) is 0 Å². The van der Waals surface area contributed by atoms with Gasteiger partial charge >= 0.3 is 13.2 Å². The van der Waals surface area contributed by atoms with Crippen LogP contribution in [0.3, 0.4) is 0 Å². The zero-order valence-electron chi connectivity index (χ0n) is 5.91. The van der Waals surface area contributed by atoms with Crippen LogP contribution in [0.4, 0.5) is 26.1 Å². The molecule has 0 aliphatic heterocycles. The molecule has 1 fully saturated rings. The van der Waals surface area contributed by atoms with Gasteiger partial charge in [0.25, 0.3) is 0 Å². The standard InChI is InChI=1S/C5H6BF6/c7-5(8,9)4(3-1-2-3)6(10,11)12/h3-4H,1-2H2/q-1. The van der Waals surface area contributed by atoms with Gasteiger partial charge in [-0.2, -0.15) is 13.2 Å². The van der Waals surface area contributed by atoms with Crippen molar-refractivity contribution >= 4 is 6.98 Å². The second-order valence-corrected chi connectivity index (χ2v) is 3.03. The van der Waals surface area contributed by atoms with Crippen LogP contribution in [0, 0.1) is 5.92 Å². The lowest BCUT2D eigenvalue weighted by molar-refractivity contribution is -0.144. The van der Waals surface area contributed by atoms with Gasteiger partial charge in [-0.05, 0) is 0 Å². The molecule has 0 spiro atoms. The van der Waals surface area contributed by atoms with Gasteiger partial charge in [0, 0.05) is 5.82 Å². The largest absolute Gasteiger partial charge is 0.490 e. The summed E-state index contributed by atoms with van der Waals surface area (Å²) in [7, 11) is 0. The van der Waals surface area contributed by atoms with Crippen LogP contribution in [0.15, 0.2) is 0 Å². The summed E-state index contributed by atoms with van der Waals surface area (Å²) in [4.78, 5) is 0. The minimum Gasteiger partial charge on any atom is -0.448 e. The molecule has 1 saturated carbocycles. The van der Waals surface area contributed by atoms with Crippen LogP contribution in [0.5, 0.6) is 0 Å². The van der Waals surface area contributed by atoms with Gasteiger partial charge in [0.05, 0.1) is 0 Å². The average Bonchev–Trinajstić information content (AvgIpc) is 2.38. The minimum absolute atomic E-state index is 0.0471. The van der Waals surface area contributed by atoms with Crippen molar-refractivity contribution in [2.24, 2.45) is 5.92 Å². The molecule has 1 aliphatic rings. The van der Waals surface area contributed by atoms with E-state index in [0.717, 1.165) is 0 Å². The Hall–Kier alpha value is -0.355. The minimum atomic E-state index is -5.77. The van der Waals surface area contributed by atoms with Crippen molar-refractivity contribution in [2.75, 3.05) is 0 Å². The fourth-order valence-electron chi connectivity index (χ4n) is 1.25. The second kappa shape index (κ2) is 2.57. The molecule has 0 nitrogen and oxygen atoms in total. The second-order valence-electron chi connectivity index (χ2n) is 3.03. The van der Waals surface area contributed by atoms with Gasteiger partial charge in [-0.15, -0.1) is 0 Å². The molecule has 1 aliphatic carbocycles. The Labute approximate surface area is 65.0 Å². The van der Waals surface area contributed by atoms with E-state index in [4.69, 9.17) is 0 Å². The molecule has 0 N–H and O–H groups in total. The summed E-state index contributed by atoms with van der Waals surface area (Å²) in [6.07, 6.45) is -5.02. The summed E-state index contributed by atoms with van der Waals surface area (Å²) < 4.78 is 71.0. The van der Waals surface area contributed by atoms with Gasteiger partial charge in [0.15, 0.2) is 0 Å². The maximum Gasteiger partial charge on any atom is 0.490 e. The third kappa shape index (κ3) is 2.07. The lowest BCUT2D eigenvalue weighted by Gasteiger charge is -2.28. The SMILES string of the molecule is F[B-](F)(F)C(C1CC1)C(F)(F)F. The molecule has 0 heterocycles. The molecule has 0 radical (unpaired) electrons. The molecule has 7 heteroatoms. The quantitative estimate of drug-likeness (QED) is 0.464. The van der Waals surface area contributed by atoms with Gasteiger partial charge in [-0.3, -0.25) is 0 Å². The van der Waals surface area contributed by atoms with E-state index in [1.54, 1.807) is 0 Å². The Morgan fingerprint density at radius 2 is 1.50 bits per heavy atom. The molecule has 12 heavy (non-hydrogen) atoms. The van der Waals surface area contributed by atoms with Crippen molar-refractivity contribution in [1.82, 2.24) is 0 Å². The molecule has 0 aromatic carbocycles. The van der Waals surface area contributed by atoms with E-state index in [2.05, 4.69) is 0 Å². The number of rotatable bonds is 2. The first-order chi connectivity index (χ1) is 5.23. The van der Waals surface area contributed by atoms with E-state index in [-0.39, 0.29) is 12.8 Å². The Balaban J connectivity index is 2.74. The lowest BCUT2D eigenvalue weighted by Crippen LogP contribution is -2.36. The van der Waals surface area contributed by atoms with Crippen LogP contribution in [0.1, 0.15) is 12.8 Å². The Morgan fingerprint density at radius 1 is 1.08 bits per heavy atom. The average molecular weight is 191 g/mol. The molecule has 0 aromatic heterocycles. The molecule has 0 amide bonds. The van der Waals surface area contributed by atoms with Crippen molar-refractivity contribution in [1.29, 1.82) is 0 Å². The maximum atomic E-state index is 11.8. The van der Waals surface area contributed by atoms with E-state index in [0.29, 0.717) is 0 Å². The van der Waals surface area contributed by atoms with Crippen LogP contribution >= 0.6 is 0 Å². The number of halogens is 6. The van der Waals surface area contributed by atoms with E-state index in [1.165, 1.54) is 0 Å². The van der Waals surface area contributed by atoms with Crippen molar-refractivity contribution in [3.05, 3.63) is 0 Å². The fraction of sp³-hybridized carbons (Fsp3) is 1.00. The maximum absolute atomic E-state index is 11.8. The molecule has 0 aromatic rings. The fourth-order valence-corrected chi connectivity index (χ4v) is 1.25. The highest BCUT2D eigenvalue weighted by Gasteiger charge is 2.58. The van der Waals surface area contributed by atoms with Crippen LogP contribution in [-0.2, 0) is 0 Å². The first-order valence-corrected chi connectivity index (χ1v) is 3.49. The first kappa shape index (κ1) is 9.73. The molecule has 1 unspecified atom stereocenters. The van der Waals surface area contributed by atoms with E-state index >= 15 is 0 Å². The van der Waals surface area contributed by atoms with E-state index in [9.17, 15) is 26.1 Å². The van der Waals surface area contributed by atoms with Crippen LogP contribution in [0.25, 0.3) is 0 Å². The summed E-state index contributed by atoms with van der Waals surface area (Å²) in [6.45, 7) is -5.77. The van der Waals surface area contributed by atoms with Crippen LogP contribution in [-0.4, -0.2) is 13.2 Å². The van der Waals surface area contributed by atoms with Gasteiger partial charge in [0.1, 0.15) is 0 Å². The highest BCUT2D eigenvalue weighted by Crippen LogP contribution is 2.55. The summed E-state index contributed by atoms with van der Waals surface area (Å²) in [6, 6.07) is 0. The van der Waals surface area contributed by atoms with Crippen molar-refractivity contribution < 1.29 is 26.1 Å². The molecule has 0 saturated heterocycles. The van der Waals surface area contributed by atoms with Crippen molar-refractivity contribution in [2.45, 2.75) is 24.8 Å². The molecule has 1 atom stereocenters. The van der Waals surface area contributed by atoms with Gasteiger partial charge in [-0.25, -0.2) is 0 Å². The first-order valence-electron chi connectivity index (χ1n) is 3.49. The Morgan fingerprint density at radius 3 is 1.58 bits per heavy atom. The van der Waals surface area contributed by atoms with Gasteiger partial charge in [0.2, 0.25) is 0 Å². The smallest absolute Gasteiger partial charge is 0.448 e. The summed E-state index contributed by atoms with van der Waals surface area (Å²) in [5.74, 6) is -4.25. The molecular formula is C5H6BF6-. The van der Waals surface area contributed by atoms with Gasteiger partial charge in [-0.1, -0.05) is 18.8 Å². The Kier molecular flexibility index (Phi) is 2.08. The predicted molar refractivity (Wildman–Crippen MR) is 31.6 cm³/mol. The summed E-state index contributed by atoms with van der Waals surface area (Å²) >= 11 is 0. The highest BCUT2D eigenvalue weighted by atomic mass is 19.4. The molecule has 1 rings (SSSR count). The number of hydrogen-bond acceptors (Lipinski definition) is 0. The number of hydrogen-bond donors (Lipinski definition) is 0. The molecular weight excluding hydrogens is 185 g/mol. The number of alkyl halides is 3. The van der Waals surface area contributed by atoms with Crippen molar-refractivity contribution in [3.8, 4) is 0 Å². The van der Waals surface area contributed by atoms with Crippen LogP contribution < -0.4 is 0 Å². The highest BCUT2D eigenvalue weighted by molar-refractivity contribution is 6.60. The van der Waals surface area contributed by atoms with E-state index in [1.807, 2.05) is 0 Å². The zero-order valence-corrected chi connectivity index (χ0v) is 5.91. The third-order valence-electron chi connectivity index (χ3n) is 1.92. The summed E-state index contributed by atoms with van der Waals surface area (Å²) in [5, 5.41) is 0.